The van der Waals surface area contributed by atoms with Gasteiger partial charge in [0.05, 0.1) is 5.83 Å². The first kappa shape index (κ1) is 15.3. The van der Waals surface area contributed by atoms with E-state index in [4.69, 9.17) is 0 Å². The van der Waals surface area contributed by atoms with Crippen LogP contribution in [0.3, 0.4) is 0 Å². The van der Waals surface area contributed by atoms with Crippen molar-refractivity contribution >= 4 is 5.78 Å². The zero-order valence-corrected chi connectivity index (χ0v) is 10.7. The summed E-state index contributed by atoms with van der Waals surface area (Å²) in [5.74, 6) is -0.192. The van der Waals surface area contributed by atoms with Gasteiger partial charge in [-0.1, -0.05) is 31.4 Å². The first-order valence-electron chi connectivity index (χ1n) is 5.39. The molecule has 1 nitrogen and oxygen atoms in total. The zero-order chi connectivity index (χ0) is 13.4. The third-order valence-corrected chi connectivity index (χ3v) is 2.06. The average molecular weight is 234 g/mol. The molecule has 0 aromatic rings. The van der Waals surface area contributed by atoms with Gasteiger partial charge in [-0.05, 0) is 43.6 Å². The Labute approximate surface area is 103 Å². The average Bonchev–Trinajstić information content (AvgIpc) is 2.16. The van der Waals surface area contributed by atoms with E-state index in [1.165, 1.54) is 19.9 Å². The normalized spacial score (nSPS) is 13.5. The van der Waals surface area contributed by atoms with Crippen LogP contribution in [-0.2, 0) is 4.79 Å². The molecule has 92 valence electrons. The van der Waals surface area contributed by atoms with Crippen LogP contribution in [0.25, 0.3) is 0 Å². The van der Waals surface area contributed by atoms with E-state index in [1.807, 2.05) is 13.0 Å². The van der Waals surface area contributed by atoms with Crippen molar-refractivity contribution in [1.82, 2.24) is 0 Å². The summed E-state index contributed by atoms with van der Waals surface area (Å²) in [7, 11) is 0. The first-order chi connectivity index (χ1) is 7.86. The Hall–Kier alpha value is -1.70. The lowest BCUT2D eigenvalue weighted by atomic mass is 10.0. The minimum Gasteiger partial charge on any atom is -0.300 e. The number of rotatable bonds is 6. The fraction of sp³-hybridized carbons (Fsp3) is 0.267. The van der Waals surface area contributed by atoms with E-state index >= 15 is 0 Å². The number of carbonyl (C=O) groups is 1. The summed E-state index contributed by atoms with van der Waals surface area (Å²) in [6.45, 7) is 12.2. The van der Waals surface area contributed by atoms with Gasteiger partial charge < -0.3 is 0 Å². The molecule has 0 aromatic carbocycles. The molecule has 0 spiro atoms. The summed E-state index contributed by atoms with van der Waals surface area (Å²) in [5, 5.41) is 0. The summed E-state index contributed by atoms with van der Waals surface area (Å²) >= 11 is 0. The molecule has 0 heterocycles. The van der Waals surface area contributed by atoms with Crippen LogP contribution in [0, 0.1) is 0 Å². The predicted octanol–water partition coefficient (Wildman–Crippen LogP) is 4.45. The SMILES string of the molecule is C=CC(=C\C=C(/C)F)/C(C)=C/C(=C)CC(C)=O. The molecule has 0 amide bonds. The molecular weight excluding hydrogens is 215 g/mol. The molecular formula is C15H19FO. The van der Waals surface area contributed by atoms with Gasteiger partial charge in [-0.15, -0.1) is 0 Å². The summed E-state index contributed by atoms with van der Waals surface area (Å²) in [6, 6.07) is 0. The number of Topliss-reactive ketones (excluding diaryl/α,β-unsaturated/α-hetero) is 1. The van der Waals surface area contributed by atoms with E-state index in [2.05, 4.69) is 13.2 Å². The Balaban J connectivity index is 4.93. The Morgan fingerprint density at radius 2 is 1.82 bits per heavy atom. The smallest absolute Gasteiger partial charge is 0.134 e. The van der Waals surface area contributed by atoms with Crippen molar-refractivity contribution in [2.45, 2.75) is 27.2 Å². The molecule has 0 atom stereocenters. The van der Waals surface area contributed by atoms with Gasteiger partial charge in [-0.25, -0.2) is 4.39 Å². The van der Waals surface area contributed by atoms with Crippen LogP contribution in [0.2, 0.25) is 0 Å². The third kappa shape index (κ3) is 7.23. The summed E-state index contributed by atoms with van der Waals surface area (Å²) in [6.07, 6.45) is 6.82. The molecule has 0 aromatic heterocycles. The maximum absolute atomic E-state index is 12.6. The number of ketones is 1. The predicted molar refractivity (Wildman–Crippen MR) is 71.3 cm³/mol. The van der Waals surface area contributed by atoms with Crippen molar-refractivity contribution < 1.29 is 9.18 Å². The van der Waals surface area contributed by atoms with Crippen LogP contribution >= 0.6 is 0 Å². The highest BCUT2D eigenvalue weighted by Gasteiger charge is 1.99. The van der Waals surface area contributed by atoms with E-state index in [-0.39, 0.29) is 11.6 Å². The molecule has 2 heteroatoms. The lowest BCUT2D eigenvalue weighted by Gasteiger charge is -2.03. The molecule has 0 rings (SSSR count). The van der Waals surface area contributed by atoms with Crippen LogP contribution < -0.4 is 0 Å². The second-order valence-electron chi connectivity index (χ2n) is 3.94. The standard InChI is InChI=1S/C15H19FO/c1-6-15(8-7-13(4)16)12(3)9-11(2)10-14(5)17/h6-9H,1-2,10H2,3-5H3/b12-9+,13-7+,15-8+. The molecule has 0 bridgehead atoms. The molecule has 0 fully saturated rings. The molecule has 0 aliphatic heterocycles. The zero-order valence-electron chi connectivity index (χ0n) is 10.7. The maximum Gasteiger partial charge on any atom is 0.134 e. The first-order valence-corrected chi connectivity index (χ1v) is 5.39. The van der Waals surface area contributed by atoms with E-state index in [1.54, 1.807) is 12.2 Å². The van der Waals surface area contributed by atoms with Crippen molar-refractivity contribution in [2.75, 3.05) is 0 Å². The Morgan fingerprint density at radius 3 is 2.24 bits per heavy atom. The van der Waals surface area contributed by atoms with Gasteiger partial charge in [0.25, 0.3) is 0 Å². The number of allylic oxidation sites excluding steroid dienone is 8. The number of hydrogen-bond donors (Lipinski definition) is 0. The highest BCUT2D eigenvalue weighted by molar-refractivity contribution is 5.78. The Kier molecular flexibility index (Phi) is 6.80. The second-order valence-corrected chi connectivity index (χ2v) is 3.94. The minimum absolute atomic E-state index is 0.0719. The van der Waals surface area contributed by atoms with Crippen LogP contribution in [0.1, 0.15) is 27.2 Å². The minimum atomic E-state index is -0.264. The van der Waals surface area contributed by atoms with Crippen LogP contribution in [0.5, 0.6) is 0 Å². The summed E-state index contributed by atoms with van der Waals surface area (Å²) < 4.78 is 12.6. The molecule has 0 aliphatic carbocycles. The highest BCUT2D eigenvalue weighted by atomic mass is 19.1. The lowest BCUT2D eigenvalue weighted by Crippen LogP contribution is -1.91. The van der Waals surface area contributed by atoms with Gasteiger partial charge in [0.2, 0.25) is 0 Å². The van der Waals surface area contributed by atoms with Crippen LogP contribution in [0.4, 0.5) is 4.39 Å². The highest BCUT2D eigenvalue weighted by Crippen LogP contribution is 2.15. The number of carbonyl (C=O) groups excluding carboxylic acids is 1. The fourth-order valence-corrected chi connectivity index (χ4v) is 1.33. The second kappa shape index (κ2) is 7.55. The van der Waals surface area contributed by atoms with Crippen LogP contribution in [-0.4, -0.2) is 5.78 Å². The molecule has 0 aliphatic rings. The van der Waals surface area contributed by atoms with Crippen LogP contribution in [0.15, 0.2) is 60.0 Å². The molecule has 0 N–H and O–H groups in total. The molecule has 0 radical (unpaired) electrons. The molecule has 17 heavy (non-hydrogen) atoms. The summed E-state index contributed by atoms with van der Waals surface area (Å²) in [4.78, 5) is 10.9. The van der Waals surface area contributed by atoms with Gasteiger partial charge >= 0.3 is 0 Å². The van der Waals surface area contributed by atoms with Gasteiger partial charge in [-0.2, -0.15) is 0 Å². The Morgan fingerprint density at radius 1 is 1.24 bits per heavy atom. The van der Waals surface area contributed by atoms with Crippen molar-refractivity contribution in [3.8, 4) is 0 Å². The largest absolute Gasteiger partial charge is 0.300 e. The molecule has 0 saturated carbocycles. The number of hydrogen-bond acceptors (Lipinski definition) is 1. The molecule has 0 saturated heterocycles. The molecule has 0 unspecified atom stereocenters. The fourth-order valence-electron chi connectivity index (χ4n) is 1.33. The van der Waals surface area contributed by atoms with Gasteiger partial charge in [0, 0.05) is 6.42 Å². The van der Waals surface area contributed by atoms with Crippen molar-refractivity contribution in [1.29, 1.82) is 0 Å². The summed E-state index contributed by atoms with van der Waals surface area (Å²) in [5.41, 5.74) is 2.46. The van der Waals surface area contributed by atoms with Gasteiger partial charge in [0.15, 0.2) is 0 Å². The van der Waals surface area contributed by atoms with Crippen molar-refractivity contribution in [3.05, 3.63) is 60.0 Å². The maximum atomic E-state index is 12.6. The van der Waals surface area contributed by atoms with Crippen molar-refractivity contribution in [2.24, 2.45) is 0 Å². The van der Waals surface area contributed by atoms with Gasteiger partial charge in [-0.3, -0.25) is 4.79 Å². The Bertz CT molecular complexity index is 405. The van der Waals surface area contributed by atoms with E-state index < -0.39 is 0 Å². The van der Waals surface area contributed by atoms with E-state index in [9.17, 15) is 9.18 Å². The monoisotopic (exact) mass is 234 g/mol. The third-order valence-electron chi connectivity index (χ3n) is 2.06. The van der Waals surface area contributed by atoms with E-state index in [0.717, 1.165) is 16.7 Å². The van der Waals surface area contributed by atoms with Gasteiger partial charge in [0.1, 0.15) is 5.78 Å². The van der Waals surface area contributed by atoms with E-state index in [0.29, 0.717) is 6.42 Å². The lowest BCUT2D eigenvalue weighted by molar-refractivity contribution is -0.116. The quantitative estimate of drug-likeness (QED) is 0.620. The number of halogens is 1. The van der Waals surface area contributed by atoms with Crippen molar-refractivity contribution in [3.63, 3.8) is 0 Å². The topological polar surface area (TPSA) is 17.1 Å².